The highest BCUT2D eigenvalue weighted by Gasteiger charge is 2.10. The Kier molecular flexibility index (Phi) is 4.67. The fourth-order valence-corrected chi connectivity index (χ4v) is 3.54. The topological polar surface area (TPSA) is 0 Å². The quantitative estimate of drug-likeness (QED) is 0.420. The van der Waals surface area contributed by atoms with E-state index in [-0.39, 0.29) is 0 Å². The Morgan fingerprint density at radius 3 is 1.64 bits per heavy atom. The molecule has 4 rings (SSSR count). The van der Waals surface area contributed by atoms with E-state index in [2.05, 4.69) is 113 Å². The van der Waals surface area contributed by atoms with Gasteiger partial charge in [0, 0.05) is 4.83 Å². The molecule has 0 radical (unpaired) electrons. The molecule has 25 heavy (non-hydrogen) atoms. The molecule has 3 aromatic carbocycles. The number of alkyl halides is 1. The average molecular weight is 387 g/mol. The molecule has 1 atom stereocenters. The van der Waals surface area contributed by atoms with E-state index in [0.29, 0.717) is 4.83 Å². The van der Waals surface area contributed by atoms with Crippen molar-refractivity contribution in [3.63, 3.8) is 0 Å². The van der Waals surface area contributed by atoms with E-state index in [1.54, 1.807) is 0 Å². The number of rotatable bonds is 3. The van der Waals surface area contributed by atoms with E-state index < -0.39 is 0 Å². The first kappa shape index (κ1) is 16.1. The van der Waals surface area contributed by atoms with Gasteiger partial charge in [-0.3, -0.25) is 0 Å². The maximum atomic E-state index is 3.66. The molecule has 0 spiro atoms. The molecular formula is C24H19Br. The molecular weight excluding hydrogens is 368 g/mol. The standard InChI is InChI=1S/C24H19Br/c25-24-13-11-20(12-14-24)23-16-21(18-7-3-1-4-8-18)15-22(17-23)19-9-5-2-6-10-19/h1-13,15-17,24H,14H2/t24-/m1/s1. The van der Waals surface area contributed by atoms with Crippen molar-refractivity contribution in [2.24, 2.45) is 0 Å². The van der Waals surface area contributed by atoms with Crippen LogP contribution in [0.1, 0.15) is 12.0 Å². The normalized spacial score (nSPS) is 16.5. The Hall–Kier alpha value is -2.38. The maximum absolute atomic E-state index is 3.66. The van der Waals surface area contributed by atoms with Crippen molar-refractivity contribution in [3.8, 4) is 22.3 Å². The van der Waals surface area contributed by atoms with Gasteiger partial charge in [0.15, 0.2) is 0 Å². The second-order valence-electron chi connectivity index (χ2n) is 6.30. The van der Waals surface area contributed by atoms with E-state index in [1.165, 1.54) is 33.4 Å². The van der Waals surface area contributed by atoms with Crippen molar-refractivity contribution in [3.05, 3.63) is 103 Å². The van der Waals surface area contributed by atoms with E-state index >= 15 is 0 Å². The number of benzene rings is 3. The summed E-state index contributed by atoms with van der Waals surface area (Å²) in [6.07, 6.45) is 7.80. The molecule has 0 aromatic heterocycles. The van der Waals surface area contributed by atoms with E-state index in [1.807, 2.05) is 0 Å². The third-order valence-corrected chi connectivity index (χ3v) is 5.21. The molecule has 0 amide bonds. The van der Waals surface area contributed by atoms with E-state index in [9.17, 15) is 0 Å². The predicted molar refractivity (Wildman–Crippen MR) is 112 cm³/mol. The van der Waals surface area contributed by atoms with Crippen LogP contribution >= 0.6 is 15.9 Å². The highest BCUT2D eigenvalue weighted by Crippen LogP contribution is 2.33. The first-order valence-corrected chi connectivity index (χ1v) is 9.50. The third-order valence-electron chi connectivity index (χ3n) is 4.53. The second kappa shape index (κ2) is 7.25. The lowest BCUT2D eigenvalue weighted by atomic mass is 9.91. The first-order chi connectivity index (χ1) is 12.3. The summed E-state index contributed by atoms with van der Waals surface area (Å²) in [5.41, 5.74) is 7.58. The summed E-state index contributed by atoms with van der Waals surface area (Å²) in [5.74, 6) is 0. The molecule has 3 aromatic rings. The molecule has 0 bridgehead atoms. The van der Waals surface area contributed by atoms with Crippen molar-refractivity contribution in [1.29, 1.82) is 0 Å². The van der Waals surface area contributed by atoms with Gasteiger partial charge in [-0.2, -0.15) is 0 Å². The molecule has 0 heterocycles. The van der Waals surface area contributed by atoms with Crippen molar-refractivity contribution in [2.45, 2.75) is 11.2 Å². The molecule has 0 aliphatic heterocycles. The lowest BCUT2D eigenvalue weighted by Gasteiger charge is -2.15. The largest absolute Gasteiger partial charge is 0.0842 e. The zero-order chi connectivity index (χ0) is 17.1. The van der Waals surface area contributed by atoms with E-state index in [4.69, 9.17) is 0 Å². The summed E-state index contributed by atoms with van der Waals surface area (Å²) in [4.78, 5) is 0.446. The smallest absolute Gasteiger partial charge is 0.0363 e. The Bertz CT molecular complexity index is 863. The Balaban J connectivity index is 1.85. The molecule has 0 fully saturated rings. The van der Waals surface area contributed by atoms with Gasteiger partial charge in [-0.15, -0.1) is 0 Å². The van der Waals surface area contributed by atoms with Gasteiger partial charge in [-0.25, -0.2) is 0 Å². The fraction of sp³-hybridized carbons (Fsp3) is 0.0833. The van der Waals surface area contributed by atoms with Crippen LogP contribution in [0.4, 0.5) is 0 Å². The molecule has 1 aliphatic carbocycles. The van der Waals surface area contributed by atoms with Crippen LogP contribution in [0.2, 0.25) is 0 Å². The summed E-state index contributed by atoms with van der Waals surface area (Å²) >= 11 is 3.66. The molecule has 1 aliphatic rings. The van der Waals surface area contributed by atoms with Gasteiger partial charge < -0.3 is 0 Å². The lowest BCUT2D eigenvalue weighted by Crippen LogP contribution is -1.97. The van der Waals surface area contributed by atoms with Crippen LogP contribution in [0.15, 0.2) is 97.1 Å². The van der Waals surface area contributed by atoms with Gasteiger partial charge in [-0.1, -0.05) is 94.8 Å². The summed E-state index contributed by atoms with van der Waals surface area (Å²) in [6, 6.07) is 28.1. The van der Waals surface area contributed by atoms with Crippen molar-refractivity contribution in [2.75, 3.05) is 0 Å². The van der Waals surface area contributed by atoms with Crippen molar-refractivity contribution in [1.82, 2.24) is 0 Å². The van der Waals surface area contributed by atoms with Crippen molar-refractivity contribution < 1.29 is 0 Å². The minimum atomic E-state index is 0.446. The van der Waals surface area contributed by atoms with Crippen LogP contribution in [-0.2, 0) is 0 Å². The van der Waals surface area contributed by atoms with Gasteiger partial charge in [0.05, 0.1) is 0 Å². The summed E-state index contributed by atoms with van der Waals surface area (Å²) in [7, 11) is 0. The molecule has 1 heteroatoms. The highest BCUT2D eigenvalue weighted by atomic mass is 79.9. The number of hydrogen-bond donors (Lipinski definition) is 0. The summed E-state index contributed by atoms with van der Waals surface area (Å²) in [5, 5.41) is 0. The second-order valence-corrected chi connectivity index (χ2v) is 7.48. The molecule has 0 N–H and O–H groups in total. The lowest BCUT2D eigenvalue weighted by molar-refractivity contribution is 1.08. The van der Waals surface area contributed by atoms with E-state index in [0.717, 1.165) is 6.42 Å². The summed E-state index contributed by atoms with van der Waals surface area (Å²) in [6.45, 7) is 0. The molecule has 0 saturated carbocycles. The number of hydrogen-bond acceptors (Lipinski definition) is 0. The molecule has 122 valence electrons. The van der Waals surface area contributed by atoms with Gasteiger partial charge in [-0.05, 0) is 58.0 Å². The first-order valence-electron chi connectivity index (χ1n) is 8.58. The fourth-order valence-electron chi connectivity index (χ4n) is 3.20. The Morgan fingerprint density at radius 1 is 0.640 bits per heavy atom. The zero-order valence-electron chi connectivity index (χ0n) is 13.9. The van der Waals surface area contributed by atoms with Gasteiger partial charge in [0.2, 0.25) is 0 Å². The van der Waals surface area contributed by atoms with Gasteiger partial charge in [0.1, 0.15) is 0 Å². The summed E-state index contributed by atoms with van der Waals surface area (Å²) < 4.78 is 0. The average Bonchev–Trinajstić information content (AvgIpc) is 2.69. The van der Waals surface area contributed by atoms with Crippen LogP contribution in [0.25, 0.3) is 27.8 Å². The van der Waals surface area contributed by atoms with Crippen LogP contribution < -0.4 is 0 Å². The van der Waals surface area contributed by atoms with Gasteiger partial charge in [0.25, 0.3) is 0 Å². The van der Waals surface area contributed by atoms with Crippen LogP contribution in [0, 0.1) is 0 Å². The van der Waals surface area contributed by atoms with Gasteiger partial charge >= 0.3 is 0 Å². The van der Waals surface area contributed by atoms with Crippen LogP contribution in [0.3, 0.4) is 0 Å². The van der Waals surface area contributed by atoms with Crippen molar-refractivity contribution >= 4 is 21.5 Å². The highest BCUT2D eigenvalue weighted by molar-refractivity contribution is 9.09. The molecule has 0 unspecified atom stereocenters. The third kappa shape index (κ3) is 3.67. The zero-order valence-corrected chi connectivity index (χ0v) is 15.5. The predicted octanol–water partition coefficient (Wildman–Crippen LogP) is 7.13. The maximum Gasteiger partial charge on any atom is 0.0363 e. The Labute approximate surface area is 157 Å². The van der Waals surface area contributed by atoms with Crippen LogP contribution in [0.5, 0.6) is 0 Å². The molecule has 0 nitrogen and oxygen atoms in total. The molecule has 0 saturated heterocycles. The minimum absolute atomic E-state index is 0.446. The van der Waals surface area contributed by atoms with Crippen LogP contribution in [-0.4, -0.2) is 4.83 Å². The SMILES string of the molecule is Br[C@@H]1C=CC(c2cc(-c3ccccc3)cc(-c3ccccc3)c2)=CC1. The Morgan fingerprint density at radius 2 is 1.16 bits per heavy atom. The minimum Gasteiger partial charge on any atom is -0.0842 e. The number of halogens is 1. The monoisotopic (exact) mass is 386 g/mol. The number of allylic oxidation sites excluding steroid dienone is 4.